The van der Waals surface area contributed by atoms with Gasteiger partial charge in [-0.1, -0.05) is 39.0 Å². The molecule has 0 aliphatic heterocycles. The standard InChI is InChI=1S/C22H30O4/c1-13(23)20(14(2)24)11-17-8-18(10-19(9-17)22(5,6)7)12-21(15(3)25)16(4)26/h8-10,23,25H,11-12H2,1-7H3/b20-13-,21-15?. The van der Waals surface area contributed by atoms with Crippen LogP contribution in [-0.4, -0.2) is 21.8 Å². The average molecular weight is 358 g/mol. The number of aliphatic hydroxyl groups is 2. The van der Waals surface area contributed by atoms with E-state index < -0.39 is 0 Å². The Labute approximate surface area is 156 Å². The number of Topliss-reactive ketones (excluding diaryl/α,β-unsaturated/α-hetero) is 2. The minimum Gasteiger partial charge on any atom is -0.512 e. The topological polar surface area (TPSA) is 74.6 Å². The predicted octanol–water partition coefficient (Wildman–Crippen LogP) is 4.91. The summed E-state index contributed by atoms with van der Waals surface area (Å²) in [5.41, 5.74) is 3.49. The van der Waals surface area contributed by atoms with Crippen LogP contribution in [0.1, 0.15) is 65.2 Å². The fourth-order valence-corrected chi connectivity index (χ4v) is 2.82. The summed E-state index contributed by atoms with van der Waals surface area (Å²) in [6.07, 6.45) is 0.650. The zero-order valence-electron chi connectivity index (χ0n) is 16.9. The van der Waals surface area contributed by atoms with Gasteiger partial charge < -0.3 is 10.2 Å². The Hall–Kier alpha value is -2.36. The van der Waals surface area contributed by atoms with Crippen molar-refractivity contribution in [1.82, 2.24) is 0 Å². The van der Waals surface area contributed by atoms with Gasteiger partial charge in [0.1, 0.15) is 0 Å². The van der Waals surface area contributed by atoms with E-state index in [2.05, 4.69) is 20.8 Å². The third-order valence-corrected chi connectivity index (χ3v) is 4.40. The lowest BCUT2D eigenvalue weighted by Gasteiger charge is -2.22. The highest BCUT2D eigenvalue weighted by molar-refractivity contribution is 5.94. The van der Waals surface area contributed by atoms with Crippen molar-refractivity contribution in [1.29, 1.82) is 0 Å². The van der Waals surface area contributed by atoms with Crippen LogP contribution in [0.2, 0.25) is 0 Å². The van der Waals surface area contributed by atoms with Crippen molar-refractivity contribution in [3.05, 3.63) is 57.6 Å². The molecule has 0 atom stereocenters. The number of rotatable bonds is 6. The van der Waals surface area contributed by atoms with Gasteiger partial charge in [-0.3, -0.25) is 9.59 Å². The first-order valence-corrected chi connectivity index (χ1v) is 8.75. The average Bonchev–Trinajstić information content (AvgIpc) is 2.48. The fourth-order valence-electron chi connectivity index (χ4n) is 2.82. The molecule has 0 aliphatic rings. The third kappa shape index (κ3) is 5.87. The summed E-state index contributed by atoms with van der Waals surface area (Å²) < 4.78 is 0. The highest BCUT2D eigenvalue weighted by Crippen LogP contribution is 2.27. The Balaban J connectivity index is 3.45. The van der Waals surface area contributed by atoms with Crippen molar-refractivity contribution in [2.45, 2.75) is 66.7 Å². The van der Waals surface area contributed by atoms with Gasteiger partial charge in [0, 0.05) is 24.0 Å². The van der Waals surface area contributed by atoms with Crippen molar-refractivity contribution < 1.29 is 19.8 Å². The molecular formula is C22H30O4. The van der Waals surface area contributed by atoms with Crippen LogP contribution >= 0.6 is 0 Å². The molecule has 0 saturated carbocycles. The monoisotopic (exact) mass is 358 g/mol. The number of hydrogen-bond acceptors (Lipinski definition) is 4. The maximum Gasteiger partial charge on any atom is 0.159 e. The molecule has 4 nitrogen and oxygen atoms in total. The molecule has 0 heterocycles. The molecule has 0 aliphatic carbocycles. The lowest BCUT2D eigenvalue weighted by Crippen LogP contribution is -2.14. The van der Waals surface area contributed by atoms with Crippen molar-refractivity contribution >= 4 is 11.6 Å². The summed E-state index contributed by atoms with van der Waals surface area (Å²) in [4.78, 5) is 23.6. The second-order valence-electron chi connectivity index (χ2n) is 7.88. The van der Waals surface area contributed by atoms with E-state index in [1.54, 1.807) is 0 Å². The van der Waals surface area contributed by atoms with Gasteiger partial charge in [-0.25, -0.2) is 0 Å². The minimum absolute atomic E-state index is 0.0238. The summed E-state index contributed by atoms with van der Waals surface area (Å²) in [5, 5.41) is 19.6. The van der Waals surface area contributed by atoms with E-state index in [-0.39, 0.29) is 28.5 Å². The SMILES string of the molecule is CC(=O)C(Cc1cc(C/C(C(C)=O)=C(\C)O)cc(C(C)(C)C)c1)=C(C)O. The summed E-state index contributed by atoms with van der Waals surface area (Å²) >= 11 is 0. The summed E-state index contributed by atoms with van der Waals surface area (Å²) in [5.74, 6) is -0.280. The summed E-state index contributed by atoms with van der Waals surface area (Å²) in [7, 11) is 0. The number of allylic oxidation sites excluding steroid dienone is 4. The minimum atomic E-state index is -0.164. The van der Waals surface area contributed by atoms with Gasteiger partial charge in [-0.2, -0.15) is 0 Å². The Morgan fingerprint density at radius 2 is 1.12 bits per heavy atom. The molecule has 0 amide bonds. The normalized spacial score (nSPS) is 13.8. The van der Waals surface area contributed by atoms with E-state index in [1.807, 2.05) is 18.2 Å². The van der Waals surface area contributed by atoms with Crippen LogP contribution < -0.4 is 0 Å². The van der Waals surface area contributed by atoms with Crippen LogP contribution in [0.25, 0.3) is 0 Å². The van der Waals surface area contributed by atoms with E-state index in [4.69, 9.17) is 0 Å². The molecule has 1 aromatic carbocycles. The van der Waals surface area contributed by atoms with Gasteiger partial charge in [0.05, 0.1) is 11.5 Å². The van der Waals surface area contributed by atoms with Crippen LogP contribution in [0.3, 0.4) is 0 Å². The first-order valence-electron chi connectivity index (χ1n) is 8.75. The first kappa shape index (κ1) is 21.7. The molecule has 0 fully saturated rings. The molecule has 0 spiro atoms. The van der Waals surface area contributed by atoms with E-state index in [0.29, 0.717) is 24.0 Å². The molecule has 4 heteroatoms. The van der Waals surface area contributed by atoms with Crippen LogP contribution in [0.15, 0.2) is 40.9 Å². The largest absolute Gasteiger partial charge is 0.512 e. The van der Waals surface area contributed by atoms with E-state index in [0.717, 1.165) is 16.7 Å². The van der Waals surface area contributed by atoms with Crippen LogP contribution in [-0.2, 0) is 27.8 Å². The van der Waals surface area contributed by atoms with Crippen molar-refractivity contribution in [3.8, 4) is 0 Å². The molecule has 0 unspecified atom stereocenters. The maximum atomic E-state index is 11.8. The Morgan fingerprint density at radius 3 is 1.35 bits per heavy atom. The van der Waals surface area contributed by atoms with Gasteiger partial charge in [0.2, 0.25) is 0 Å². The number of carbonyl (C=O) groups is 2. The zero-order valence-corrected chi connectivity index (χ0v) is 16.9. The molecular weight excluding hydrogens is 328 g/mol. The maximum absolute atomic E-state index is 11.8. The molecule has 1 rings (SSSR count). The predicted molar refractivity (Wildman–Crippen MR) is 105 cm³/mol. The van der Waals surface area contributed by atoms with Gasteiger partial charge in [-0.05, 0) is 49.8 Å². The van der Waals surface area contributed by atoms with Crippen LogP contribution in [0.5, 0.6) is 0 Å². The van der Waals surface area contributed by atoms with Crippen LogP contribution in [0.4, 0.5) is 0 Å². The number of hydrogen-bond donors (Lipinski definition) is 2. The summed E-state index contributed by atoms with van der Waals surface area (Å²) in [6, 6.07) is 5.98. The van der Waals surface area contributed by atoms with E-state index in [9.17, 15) is 19.8 Å². The third-order valence-electron chi connectivity index (χ3n) is 4.40. The highest BCUT2D eigenvalue weighted by atomic mass is 16.3. The second kappa shape index (κ2) is 8.35. The van der Waals surface area contributed by atoms with Crippen LogP contribution in [0, 0.1) is 0 Å². The second-order valence-corrected chi connectivity index (χ2v) is 7.88. The van der Waals surface area contributed by atoms with Gasteiger partial charge in [-0.15, -0.1) is 0 Å². The van der Waals surface area contributed by atoms with Crippen molar-refractivity contribution in [2.24, 2.45) is 0 Å². The molecule has 2 N–H and O–H groups in total. The van der Waals surface area contributed by atoms with E-state index in [1.165, 1.54) is 27.7 Å². The Kier molecular flexibility index (Phi) is 6.96. The molecule has 142 valence electrons. The molecule has 0 aromatic heterocycles. The number of aliphatic hydroxyl groups excluding tert-OH is 2. The quantitative estimate of drug-likeness (QED) is 0.559. The highest BCUT2D eigenvalue weighted by Gasteiger charge is 2.18. The van der Waals surface area contributed by atoms with E-state index >= 15 is 0 Å². The van der Waals surface area contributed by atoms with Gasteiger partial charge in [0.25, 0.3) is 0 Å². The smallest absolute Gasteiger partial charge is 0.159 e. The zero-order chi connectivity index (χ0) is 20.2. The Morgan fingerprint density at radius 1 is 0.769 bits per heavy atom. The molecule has 0 radical (unpaired) electrons. The van der Waals surface area contributed by atoms with Gasteiger partial charge in [0.15, 0.2) is 11.6 Å². The molecule has 0 saturated heterocycles. The van der Waals surface area contributed by atoms with Gasteiger partial charge >= 0.3 is 0 Å². The molecule has 0 bridgehead atoms. The molecule has 26 heavy (non-hydrogen) atoms. The lowest BCUT2D eigenvalue weighted by atomic mass is 9.83. The number of benzene rings is 1. The summed E-state index contributed by atoms with van der Waals surface area (Å²) in [6.45, 7) is 12.2. The lowest BCUT2D eigenvalue weighted by molar-refractivity contribution is -0.114. The Bertz CT molecular complexity index is 710. The fraction of sp³-hybridized carbons (Fsp3) is 0.455. The van der Waals surface area contributed by atoms with Crippen molar-refractivity contribution in [3.63, 3.8) is 0 Å². The van der Waals surface area contributed by atoms with Crippen molar-refractivity contribution in [2.75, 3.05) is 0 Å². The molecule has 1 aromatic rings. The number of carbonyl (C=O) groups excluding carboxylic acids is 2. The first-order chi connectivity index (χ1) is 11.8. The number of ketones is 2.